The zero-order valence-corrected chi connectivity index (χ0v) is 20.2. The molecule has 188 valence electrons. The molecule has 1 atom stereocenters. The van der Waals surface area contributed by atoms with Gasteiger partial charge in [-0.05, 0) is 42.7 Å². The number of sulfonamides is 1. The molecule has 0 radical (unpaired) electrons. The highest BCUT2D eigenvalue weighted by Crippen LogP contribution is 2.30. The van der Waals surface area contributed by atoms with Crippen molar-refractivity contribution in [2.24, 2.45) is 5.90 Å². The molecule has 9 nitrogen and oxygen atoms in total. The minimum absolute atomic E-state index is 0.0270. The number of nitrogens with two attached hydrogens (primary N) is 1. The number of rotatable bonds is 11. The van der Waals surface area contributed by atoms with Gasteiger partial charge in [0.05, 0.1) is 4.90 Å². The van der Waals surface area contributed by atoms with Gasteiger partial charge in [0.2, 0.25) is 10.0 Å². The molecule has 3 aromatic carbocycles. The fraction of sp³-hybridized carbons (Fsp3) is 0.231. The van der Waals surface area contributed by atoms with E-state index in [2.05, 4.69) is 9.56 Å². The molecule has 0 aliphatic heterocycles. The lowest BCUT2D eigenvalue weighted by Gasteiger charge is -2.16. The van der Waals surface area contributed by atoms with E-state index in [9.17, 15) is 18.0 Å². The third-order valence-electron chi connectivity index (χ3n) is 5.72. The Morgan fingerprint density at radius 2 is 1.64 bits per heavy atom. The van der Waals surface area contributed by atoms with E-state index in [1.54, 1.807) is 12.1 Å². The van der Waals surface area contributed by atoms with Gasteiger partial charge >= 0.3 is 11.9 Å². The molecule has 0 bridgehead atoms. The van der Waals surface area contributed by atoms with E-state index in [1.165, 1.54) is 12.1 Å². The highest BCUT2D eigenvalue weighted by atomic mass is 32.2. The molecule has 0 saturated carbocycles. The van der Waals surface area contributed by atoms with E-state index < -0.39 is 22.0 Å². The van der Waals surface area contributed by atoms with Crippen LogP contribution in [0.15, 0.2) is 82.1 Å². The first-order chi connectivity index (χ1) is 17.4. The van der Waals surface area contributed by atoms with Gasteiger partial charge in [0.25, 0.3) is 0 Å². The molecule has 0 aliphatic carbocycles. The van der Waals surface area contributed by atoms with Crippen molar-refractivity contribution in [1.29, 1.82) is 0 Å². The van der Waals surface area contributed by atoms with Crippen LogP contribution in [0.2, 0.25) is 0 Å². The number of hydrogen-bond donors (Lipinski definition) is 2. The summed E-state index contributed by atoms with van der Waals surface area (Å²) in [5, 5.41) is 1.42. The van der Waals surface area contributed by atoms with Gasteiger partial charge in [-0.2, -0.15) is 10.6 Å². The van der Waals surface area contributed by atoms with E-state index in [1.807, 2.05) is 48.5 Å². The van der Waals surface area contributed by atoms with Crippen molar-refractivity contribution < 1.29 is 32.0 Å². The summed E-state index contributed by atoms with van der Waals surface area (Å²) in [4.78, 5) is 28.4. The molecule has 1 heterocycles. The van der Waals surface area contributed by atoms with Crippen molar-refractivity contribution in [3.63, 3.8) is 0 Å². The molecule has 3 N–H and O–H groups in total. The van der Waals surface area contributed by atoms with Crippen molar-refractivity contribution >= 4 is 43.9 Å². The van der Waals surface area contributed by atoms with Crippen molar-refractivity contribution in [3.05, 3.63) is 78.4 Å². The standard InChI is InChI=1S/C26H26N2O7S/c27-35-26(30)22(11-5-7-13-25(29)33-17-18-8-2-1-3-9-18)28-36(31,32)19-14-15-24-21(16-19)20-10-4-6-12-23(20)34-24/h1-4,6,8-10,12,14-16,22,28H,5,7,11,13,17,27H2. The predicted molar refractivity (Wildman–Crippen MR) is 133 cm³/mol. The molecule has 10 heteroatoms. The average Bonchev–Trinajstić information content (AvgIpc) is 3.27. The van der Waals surface area contributed by atoms with E-state index >= 15 is 0 Å². The summed E-state index contributed by atoms with van der Waals surface area (Å²) in [6.07, 6.45) is 0.997. The Balaban J connectivity index is 1.36. The largest absolute Gasteiger partial charge is 0.461 e. The van der Waals surface area contributed by atoms with E-state index in [0.29, 0.717) is 29.4 Å². The first kappa shape index (κ1) is 25.4. The summed E-state index contributed by atoms with van der Waals surface area (Å²) in [6.45, 7) is 0.178. The van der Waals surface area contributed by atoms with Gasteiger partial charge in [-0.3, -0.25) is 4.79 Å². The van der Waals surface area contributed by atoms with Crippen LogP contribution < -0.4 is 10.6 Å². The molecular formula is C26H26N2O7S. The van der Waals surface area contributed by atoms with E-state index in [-0.39, 0.29) is 30.3 Å². The fourth-order valence-electron chi connectivity index (χ4n) is 3.86. The van der Waals surface area contributed by atoms with Crippen LogP contribution in [0.3, 0.4) is 0 Å². The molecule has 0 saturated heterocycles. The van der Waals surface area contributed by atoms with Crippen LogP contribution in [-0.4, -0.2) is 26.4 Å². The number of para-hydroxylation sites is 1. The summed E-state index contributed by atoms with van der Waals surface area (Å²) >= 11 is 0. The predicted octanol–water partition coefficient (Wildman–Crippen LogP) is 3.95. The zero-order chi connectivity index (χ0) is 25.5. The van der Waals surface area contributed by atoms with Gasteiger partial charge in [-0.1, -0.05) is 55.0 Å². The highest BCUT2D eigenvalue weighted by Gasteiger charge is 2.27. The van der Waals surface area contributed by atoms with Crippen LogP contribution in [0.1, 0.15) is 31.2 Å². The number of nitrogens with one attached hydrogen (secondary N) is 1. The third-order valence-corrected chi connectivity index (χ3v) is 7.19. The fourth-order valence-corrected chi connectivity index (χ4v) is 5.11. The van der Waals surface area contributed by atoms with E-state index in [0.717, 1.165) is 10.9 Å². The quantitative estimate of drug-likeness (QED) is 0.176. The normalized spacial score (nSPS) is 12.5. The van der Waals surface area contributed by atoms with Crippen LogP contribution >= 0.6 is 0 Å². The summed E-state index contributed by atoms with van der Waals surface area (Å²) in [6, 6.07) is 19.9. The lowest BCUT2D eigenvalue weighted by Crippen LogP contribution is -2.42. The zero-order valence-electron chi connectivity index (χ0n) is 19.4. The summed E-state index contributed by atoms with van der Waals surface area (Å²) in [5.41, 5.74) is 2.07. The van der Waals surface area contributed by atoms with Crippen LogP contribution in [0.25, 0.3) is 21.9 Å². The molecule has 4 rings (SSSR count). The lowest BCUT2D eigenvalue weighted by atomic mass is 10.1. The molecule has 0 aliphatic rings. The second kappa shape index (κ2) is 11.3. The third kappa shape index (κ3) is 6.09. The molecule has 0 fully saturated rings. The van der Waals surface area contributed by atoms with Gasteiger partial charge in [-0.15, -0.1) is 0 Å². The number of furan rings is 1. The Morgan fingerprint density at radius 3 is 2.42 bits per heavy atom. The molecule has 4 aromatic rings. The average molecular weight is 511 g/mol. The van der Waals surface area contributed by atoms with Gasteiger partial charge in [0, 0.05) is 17.2 Å². The number of unbranched alkanes of at least 4 members (excludes halogenated alkanes) is 1. The van der Waals surface area contributed by atoms with Crippen LogP contribution in [0.4, 0.5) is 0 Å². The molecule has 1 aromatic heterocycles. The van der Waals surface area contributed by atoms with Gasteiger partial charge in [0.1, 0.15) is 23.8 Å². The summed E-state index contributed by atoms with van der Waals surface area (Å²) in [5.74, 6) is 3.74. The maximum atomic E-state index is 13.1. The van der Waals surface area contributed by atoms with Gasteiger partial charge < -0.3 is 14.0 Å². The summed E-state index contributed by atoms with van der Waals surface area (Å²) in [7, 11) is -4.09. The first-order valence-corrected chi connectivity index (χ1v) is 12.9. The second-order valence-corrected chi connectivity index (χ2v) is 9.97. The Bertz CT molecular complexity index is 1470. The summed E-state index contributed by atoms with van der Waals surface area (Å²) < 4.78 is 39.5. The number of ether oxygens (including phenoxy) is 1. The Morgan fingerprint density at radius 1 is 0.917 bits per heavy atom. The van der Waals surface area contributed by atoms with Crippen molar-refractivity contribution in [1.82, 2.24) is 4.72 Å². The van der Waals surface area contributed by atoms with E-state index in [4.69, 9.17) is 15.1 Å². The van der Waals surface area contributed by atoms with Crippen LogP contribution in [0, 0.1) is 0 Å². The number of carbonyl (C=O) groups excluding carboxylic acids is 2. The van der Waals surface area contributed by atoms with Crippen LogP contribution in [0.5, 0.6) is 0 Å². The second-order valence-electron chi connectivity index (χ2n) is 8.26. The number of fused-ring (bicyclic) bond motifs is 3. The molecular weight excluding hydrogens is 484 g/mol. The highest BCUT2D eigenvalue weighted by molar-refractivity contribution is 7.89. The van der Waals surface area contributed by atoms with Crippen LogP contribution in [-0.2, 0) is 35.8 Å². The van der Waals surface area contributed by atoms with Crippen molar-refractivity contribution in [2.75, 3.05) is 0 Å². The number of esters is 1. The smallest absolute Gasteiger partial charge is 0.342 e. The number of carbonyl (C=O) groups is 2. The van der Waals surface area contributed by atoms with Crippen molar-refractivity contribution in [2.45, 2.75) is 43.2 Å². The van der Waals surface area contributed by atoms with Crippen molar-refractivity contribution in [3.8, 4) is 0 Å². The molecule has 0 amide bonds. The maximum Gasteiger partial charge on any atom is 0.342 e. The Hall–Kier alpha value is -3.73. The molecule has 36 heavy (non-hydrogen) atoms. The topological polar surface area (TPSA) is 138 Å². The number of hydrogen-bond acceptors (Lipinski definition) is 8. The minimum Gasteiger partial charge on any atom is -0.461 e. The monoisotopic (exact) mass is 510 g/mol. The number of benzene rings is 3. The molecule has 0 spiro atoms. The maximum absolute atomic E-state index is 13.1. The van der Waals surface area contributed by atoms with Gasteiger partial charge in [0.15, 0.2) is 0 Å². The lowest BCUT2D eigenvalue weighted by molar-refractivity contribution is -0.146. The van der Waals surface area contributed by atoms with Gasteiger partial charge in [-0.25, -0.2) is 13.2 Å². The SMILES string of the molecule is NOC(=O)C(CCCCC(=O)OCc1ccccc1)NS(=O)(=O)c1ccc2oc3ccccc3c2c1. The molecule has 1 unspecified atom stereocenters. The Labute approximate surface area is 208 Å². The Kier molecular flexibility index (Phi) is 7.99. The minimum atomic E-state index is -4.09. The first-order valence-electron chi connectivity index (χ1n) is 11.4.